The Morgan fingerprint density at radius 3 is 2.00 bits per heavy atom. The first-order valence-electron chi connectivity index (χ1n) is 6.88. The van der Waals surface area contributed by atoms with Gasteiger partial charge in [0.25, 0.3) is 0 Å². The van der Waals surface area contributed by atoms with E-state index in [4.69, 9.17) is 0 Å². The SMILES string of the molecule is C=C(CCc1ccccc1)[Si](C)(C)c1ccccc1. The van der Waals surface area contributed by atoms with Crippen molar-refractivity contribution in [2.75, 3.05) is 0 Å². The van der Waals surface area contributed by atoms with Crippen molar-refractivity contribution in [3.05, 3.63) is 78.0 Å². The summed E-state index contributed by atoms with van der Waals surface area (Å²) >= 11 is 0. The highest BCUT2D eigenvalue weighted by Crippen LogP contribution is 2.19. The topological polar surface area (TPSA) is 0 Å². The molecule has 2 rings (SSSR count). The average Bonchev–Trinajstić information content (AvgIpc) is 2.46. The van der Waals surface area contributed by atoms with Gasteiger partial charge in [-0.05, 0) is 18.4 Å². The molecule has 0 aromatic heterocycles. The molecule has 0 aliphatic rings. The van der Waals surface area contributed by atoms with Crippen molar-refractivity contribution in [2.24, 2.45) is 0 Å². The van der Waals surface area contributed by atoms with E-state index in [1.807, 2.05) is 0 Å². The molecule has 0 aliphatic carbocycles. The fourth-order valence-corrected chi connectivity index (χ4v) is 4.50. The summed E-state index contributed by atoms with van der Waals surface area (Å²) in [5.41, 5.74) is 1.40. The lowest BCUT2D eigenvalue weighted by atomic mass is 10.1. The van der Waals surface area contributed by atoms with Crippen LogP contribution in [0, 0.1) is 0 Å². The van der Waals surface area contributed by atoms with Crippen molar-refractivity contribution >= 4 is 13.3 Å². The van der Waals surface area contributed by atoms with Crippen LogP contribution in [0.5, 0.6) is 0 Å². The van der Waals surface area contributed by atoms with E-state index in [-0.39, 0.29) is 0 Å². The van der Waals surface area contributed by atoms with Gasteiger partial charge in [0, 0.05) is 0 Å². The zero-order valence-corrected chi connectivity index (χ0v) is 12.9. The molecule has 0 saturated heterocycles. The predicted molar refractivity (Wildman–Crippen MR) is 87.5 cm³/mol. The lowest BCUT2D eigenvalue weighted by Crippen LogP contribution is -2.43. The summed E-state index contributed by atoms with van der Waals surface area (Å²) < 4.78 is 0. The third-order valence-corrected chi connectivity index (χ3v) is 7.73. The molecule has 0 bridgehead atoms. The largest absolute Gasteiger partial charge is 0.106 e. The highest BCUT2D eigenvalue weighted by molar-refractivity contribution is 6.95. The van der Waals surface area contributed by atoms with Crippen molar-refractivity contribution < 1.29 is 0 Å². The minimum absolute atomic E-state index is 1.10. The van der Waals surface area contributed by atoms with E-state index in [0.717, 1.165) is 12.8 Å². The zero-order valence-electron chi connectivity index (χ0n) is 11.9. The summed E-state index contributed by atoms with van der Waals surface area (Å²) in [5.74, 6) is 0. The first-order chi connectivity index (χ1) is 9.10. The molecule has 0 fully saturated rings. The van der Waals surface area contributed by atoms with Crippen molar-refractivity contribution in [3.8, 4) is 0 Å². The van der Waals surface area contributed by atoms with Crippen LogP contribution in [0.1, 0.15) is 12.0 Å². The third-order valence-electron chi connectivity index (χ3n) is 3.94. The van der Waals surface area contributed by atoms with Crippen molar-refractivity contribution in [1.82, 2.24) is 0 Å². The quantitative estimate of drug-likeness (QED) is 0.707. The van der Waals surface area contributed by atoms with Gasteiger partial charge in [-0.3, -0.25) is 0 Å². The summed E-state index contributed by atoms with van der Waals surface area (Å²) in [6.45, 7) is 9.18. The van der Waals surface area contributed by atoms with Crippen LogP contribution >= 0.6 is 0 Å². The van der Waals surface area contributed by atoms with E-state index in [2.05, 4.69) is 80.3 Å². The summed E-state index contributed by atoms with van der Waals surface area (Å²) in [4.78, 5) is 0. The van der Waals surface area contributed by atoms with Gasteiger partial charge in [-0.1, -0.05) is 84.1 Å². The summed E-state index contributed by atoms with van der Waals surface area (Å²) in [6.07, 6.45) is 2.20. The second-order valence-electron chi connectivity index (χ2n) is 5.58. The van der Waals surface area contributed by atoms with E-state index in [0.29, 0.717) is 0 Å². The molecular weight excluding hydrogens is 244 g/mol. The molecule has 0 spiro atoms. The number of benzene rings is 2. The summed E-state index contributed by atoms with van der Waals surface area (Å²) in [6, 6.07) is 21.5. The first kappa shape index (κ1) is 13.8. The van der Waals surface area contributed by atoms with Crippen LogP contribution in [-0.4, -0.2) is 8.07 Å². The van der Waals surface area contributed by atoms with Crippen LogP contribution in [0.15, 0.2) is 72.4 Å². The van der Waals surface area contributed by atoms with Crippen LogP contribution in [0.25, 0.3) is 0 Å². The second-order valence-corrected chi connectivity index (χ2v) is 10.1. The van der Waals surface area contributed by atoms with E-state index >= 15 is 0 Å². The molecule has 19 heavy (non-hydrogen) atoms. The maximum atomic E-state index is 4.38. The minimum Gasteiger partial charge on any atom is -0.103 e. The molecule has 98 valence electrons. The van der Waals surface area contributed by atoms with Crippen LogP contribution in [0.3, 0.4) is 0 Å². The summed E-state index contributed by atoms with van der Waals surface area (Å²) in [5, 5.41) is 2.91. The Bertz CT molecular complexity index is 526. The molecule has 0 atom stereocenters. The highest BCUT2D eigenvalue weighted by Gasteiger charge is 2.26. The van der Waals surface area contributed by atoms with Crippen LogP contribution in [-0.2, 0) is 6.42 Å². The molecule has 0 heterocycles. The van der Waals surface area contributed by atoms with Gasteiger partial charge in [-0.2, -0.15) is 0 Å². The molecule has 0 saturated carbocycles. The van der Waals surface area contributed by atoms with Gasteiger partial charge in [-0.25, -0.2) is 0 Å². The molecule has 0 amide bonds. The Kier molecular flexibility index (Phi) is 4.38. The molecule has 0 aliphatic heterocycles. The van der Waals surface area contributed by atoms with Gasteiger partial charge in [0.05, 0.1) is 0 Å². The zero-order chi connectivity index (χ0) is 13.7. The molecule has 2 aromatic carbocycles. The van der Waals surface area contributed by atoms with Crippen molar-refractivity contribution in [3.63, 3.8) is 0 Å². The standard InChI is InChI=1S/C18H22Si/c1-16(14-15-17-10-6-4-7-11-17)19(2,3)18-12-8-5-9-13-18/h4-13H,1,14-15H2,2-3H3. The Morgan fingerprint density at radius 2 is 1.42 bits per heavy atom. The Hall–Kier alpha value is -1.60. The molecule has 1 heteroatoms. The minimum atomic E-state index is -1.53. The van der Waals surface area contributed by atoms with Gasteiger partial charge in [0.2, 0.25) is 0 Å². The number of allylic oxidation sites excluding steroid dienone is 1. The normalized spacial score (nSPS) is 11.3. The van der Waals surface area contributed by atoms with Gasteiger partial charge < -0.3 is 0 Å². The van der Waals surface area contributed by atoms with Crippen LogP contribution in [0.2, 0.25) is 13.1 Å². The second kappa shape index (κ2) is 6.03. The fraction of sp³-hybridized carbons (Fsp3) is 0.222. The number of hydrogen-bond acceptors (Lipinski definition) is 0. The molecule has 0 nitrogen and oxygen atoms in total. The van der Waals surface area contributed by atoms with Crippen molar-refractivity contribution in [2.45, 2.75) is 25.9 Å². The molecular formula is C18H22Si. The predicted octanol–water partition coefficient (Wildman–Crippen LogP) is 4.33. The monoisotopic (exact) mass is 266 g/mol. The average molecular weight is 266 g/mol. The van der Waals surface area contributed by atoms with Gasteiger partial charge in [0.1, 0.15) is 8.07 Å². The van der Waals surface area contributed by atoms with Gasteiger partial charge in [-0.15, -0.1) is 6.58 Å². The maximum Gasteiger partial charge on any atom is 0.106 e. The number of rotatable bonds is 5. The number of hydrogen-bond donors (Lipinski definition) is 0. The van der Waals surface area contributed by atoms with Gasteiger partial charge in [0.15, 0.2) is 0 Å². The lowest BCUT2D eigenvalue weighted by Gasteiger charge is -2.26. The summed E-state index contributed by atoms with van der Waals surface area (Å²) in [7, 11) is -1.53. The smallest absolute Gasteiger partial charge is 0.103 e. The van der Waals surface area contributed by atoms with E-state index < -0.39 is 8.07 Å². The Labute approximate surface area is 117 Å². The first-order valence-corrected chi connectivity index (χ1v) is 9.88. The molecule has 0 radical (unpaired) electrons. The van der Waals surface area contributed by atoms with Crippen molar-refractivity contribution in [1.29, 1.82) is 0 Å². The fourth-order valence-electron chi connectivity index (χ4n) is 2.31. The van der Waals surface area contributed by atoms with Crippen LogP contribution in [0.4, 0.5) is 0 Å². The highest BCUT2D eigenvalue weighted by atomic mass is 28.3. The number of aryl methyl sites for hydroxylation is 1. The molecule has 0 N–H and O–H groups in total. The Morgan fingerprint density at radius 1 is 0.895 bits per heavy atom. The lowest BCUT2D eigenvalue weighted by molar-refractivity contribution is 0.980. The van der Waals surface area contributed by atoms with Gasteiger partial charge >= 0.3 is 0 Å². The van der Waals surface area contributed by atoms with E-state index in [1.54, 1.807) is 0 Å². The maximum absolute atomic E-state index is 4.38. The molecule has 0 unspecified atom stereocenters. The van der Waals surface area contributed by atoms with E-state index in [9.17, 15) is 0 Å². The van der Waals surface area contributed by atoms with E-state index in [1.165, 1.54) is 15.9 Å². The third kappa shape index (κ3) is 3.45. The van der Waals surface area contributed by atoms with Crippen LogP contribution < -0.4 is 5.19 Å². The molecule has 2 aromatic rings. The Balaban J connectivity index is 2.03.